The van der Waals surface area contributed by atoms with E-state index in [-0.39, 0.29) is 0 Å². The molecule has 1 unspecified atom stereocenters. The number of fused-ring (bicyclic) bond motifs is 2. The minimum Gasteiger partial charge on any atom is -0.378 e. The molecule has 0 spiro atoms. The molecule has 1 aromatic rings. The SMILES string of the molecule is CN(C)c1ccc2c(c1)SC1=CC(N(C)C)C=CC1=C2. The van der Waals surface area contributed by atoms with Crippen LogP contribution in [0.5, 0.6) is 0 Å². The topological polar surface area (TPSA) is 6.48 Å². The largest absolute Gasteiger partial charge is 0.378 e. The number of anilines is 1. The van der Waals surface area contributed by atoms with E-state index in [4.69, 9.17) is 0 Å². The van der Waals surface area contributed by atoms with Crippen molar-refractivity contribution in [3.05, 3.63) is 52.5 Å². The van der Waals surface area contributed by atoms with Crippen LogP contribution in [0.25, 0.3) is 6.08 Å². The maximum atomic E-state index is 2.35. The van der Waals surface area contributed by atoms with E-state index in [2.05, 4.69) is 80.5 Å². The summed E-state index contributed by atoms with van der Waals surface area (Å²) in [6.07, 6.45) is 9.14. The lowest BCUT2D eigenvalue weighted by atomic mass is 10.0. The van der Waals surface area contributed by atoms with Gasteiger partial charge in [0.2, 0.25) is 0 Å². The van der Waals surface area contributed by atoms with Gasteiger partial charge in [0.25, 0.3) is 0 Å². The highest BCUT2D eigenvalue weighted by molar-refractivity contribution is 8.03. The van der Waals surface area contributed by atoms with E-state index >= 15 is 0 Å². The van der Waals surface area contributed by atoms with Crippen molar-refractivity contribution in [2.45, 2.75) is 10.9 Å². The summed E-state index contributed by atoms with van der Waals surface area (Å²) in [7, 11) is 8.40. The number of benzene rings is 1. The number of likely N-dealkylation sites (N-methyl/N-ethyl adjacent to an activating group) is 1. The van der Waals surface area contributed by atoms with Gasteiger partial charge in [-0.25, -0.2) is 0 Å². The summed E-state index contributed by atoms with van der Waals surface area (Å²) in [6.45, 7) is 0. The summed E-state index contributed by atoms with van der Waals surface area (Å²) >= 11 is 1.88. The highest BCUT2D eigenvalue weighted by Crippen LogP contribution is 2.43. The second kappa shape index (κ2) is 5.15. The Morgan fingerprint density at radius 3 is 2.60 bits per heavy atom. The maximum Gasteiger partial charge on any atom is 0.0473 e. The lowest BCUT2D eigenvalue weighted by Crippen LogP contribution is -2.25. The summed E-state index contributed by atoms with van der Waals surface area (Å²) in [5.74, 6) is 0. The Morgan fingerprint density at radius 2 is 1.90 bits per heavy atom. The van der Waals surface area contributed by atoms with E-state index in [1.54, 1.807) is 0 Å². The number of thioether (sulfide) groups is 1. The minimum atomic E-state index is 0.397. The number of hydrogen-bond donors (Lipinski definition) is 0. The molecule has 104 valence electrons. The number of allylic oxidation sites excluding steroid dienone is 2. The van der Waals surface area contributed by atoms with Crippen molar-refractivity contribution in [1.29, 1.82) is 0 Å². The molecule has 3 heteroatoms. The fourth-order valence-corrected chi connectivity index (χ4v) is 3.53. The Bertz CT molecular complexity index is 624. The van der Waals surface area contributed by atoms with Gasteiger partial charge in [0, 0.05) is 35.6 Å². The maximum absolute atomic E-state index is 2.35. The Morgan fingerprint density at radius 1 is 1.10 bits per heavy atom. The molecule has 0 saturated carbocycles. The van der Waals surface area contributed by atoms with Crippen molar-refractivity contribution in [3.63, 3.8) is 0 Å². The molecule has 0 amide bonds. The van der Waals surface area contributed by atoms with Crippen LogP contribution in [0.4, 0.5) is 5.69 Å². The van der Waals surface area contributed by atoms with Crippen LogP contribution in [-0.2, 0) is 0 Å². The summed E-state index contributed by atoms with van der Waals surface area (Å²) < 4.78 is 0. The van der Waals surface area contributed by atoms with Crippen molar-refractivity contribution in [1.82, 2.24) is 4.90 Å². The predicted octanol–water partition coefficient (Wildman–Crippen LogP) is 3.63. The van der Waals surface area contributed by atoms with Crippen LogP contribution in [0.15, 0.2) is 51.8 Å². The van der Waals surface area contributed by atoms with Gasteiger partial charge in [0.15, 0.2) is 0 Å². The third-order valence-corrected chi connectivity index (χ3v) is 4.89. The highest BCUT2D eigenvalue weighted by Gasteiger charge is 2.20. The van der Waals surface area contributed by atoms with Crippen LogP contribution < -0.4 is 4.90 Å². The van der Waals surface area contributed by atoms with Crippen LogP contribution in [0.2, 0.25) is 0 Å². The van der Waals surface area contributed by atoms with Crippen LogP contribution in [-0.4, -0.2) is 39.1 Å². The zero-order chi connectivity index (χ0) is 14.3. The van der Waals surface area contributed by atoms with E-state index in [9.17, 15) is 0 Å². The molecule has 1 aliphatic heterocycles. The van der Waals surface area contributed by atoms with Crippen LogP contribution in [0.3, 0.4) is 0 Å². The zero-order valence-electron chi connectivity index (χ0n) is 12.4. The molecular weight excluding hydrogens is 264 g/mol. The van der Waals surface area contributed by atoms with E-state index in [0.717, 1.165) is 0 Å². The molecule has 2 nitrogen and oxygen atoms in total. The standard InChI is InChI=1S/C17H20N2S/c1-18(2)14-7-5-12-9-13-6-8-15(19(3)4)11-17(13)20-16(12)10-14/h5-11,14H,1-4H3. The first-order valence-electron chi connectivity index (χ1n) is 6.82. The first-order valence-corrected chi connectivity index (χ1v) is 7.64. The normalized spacial score (nSPS) is 20.1. The minimum absolute atomic E-state index is 0.397. The molecule has 0 radical (unpaired) electrons. The molecule has 1 heterocycles. The molecule has 1 aliphatic carbocycles. The fraction of sp³-hybridized carbons (Fsp3) is 0.294. The van der Waals surface area contributed by atoms with Gasteiger partial charge in [-0.2, -0.15) is 0 Å². The Hall–Kier alpha value is -1.45. The summed E-state index contributed by atoms with van der Waals surface area (Å²) in [5.41, 5.74) is 3.91. The number of nitrogens with zero attached hydrogens (tertiary/aromatic N) is 2. The van der Waals surface area contributed by atoms with Gasteiger partial charge in [0.05, 0.1) is 0 Å². The van der Waals surface area contributed by atoms with Gasteiger partial charge in [-0.3, -0.25) is 4.90 Å². The van der Waals surface area contributed by atoms with Gasteiger partial charge in [-0.15, -0.1) is 0 Å². The molecule has 20 heavy (non-hydrogen) atoms. The molecule has 3 rings (SSSR count). The first-order chi connectivity index (χ1) is 9.54. The monoisotopic (exact) mass is 284 g/mol. The molecule has 0 bridgehead atoms. The van der Waals surface area contributed by atoms with E-state index in [0.29, 0.717) is 6.04 Å². The van der Waals surface area contributed by atoms with Gasteiger partial charge in [-0.05, 0) is 49.5 Å². The molecule has 0 aromatic heterocycles. The van der Waals surface area contributed by atoms with Gasteiger partial charge < -0.3 is 4.90 Å². The van der Waals surface area contributed by atoms with E-state index < -0.39 is 0 Å². The summed E-state index contributed by atoms with van der Waals surface area (Å²) in [5, 5.41) is 0. The third kappa shape index (κ3) is 2.43. The Kier molecular flexibility index (Phi) is 3.48. The molecule has 0 saturated heterocycles. The van der Waals surface area contributed by atoms with Crippen LogP contribution >= 0.6 is 11.8 Å². The second-order valence-corrected chi connectivity index (χ2v) is 6.75. The average Bonchev–Trinajstić information content (AvgIpc) is 2.43. The summed E-state index contributed by atoms with van der Waals surface area (Å²) in [4.78, 5) is 7.10. The van der Waals surface area contributed by atoms with Gasteiger partial charge in [-0.1, -0.05) is 30.0 Å². The Labute approximate surface area is 125 Å². The molecule has 0 N–H and O–H groups in total. The molecule has 1 aromatic carbocycles. The van der Waals surface area contributed by atoms with Crippen LogP contribution in [0, 0.1) is 0 Å². The third-order valence-electron chi connectivity index (χ3n) is 3.72. The number of rotatable bonds is 2. The lowest BCUT2D eigenvalue weighted by molar-refractivity contribution is 0.390. The van der Waals surface area contributed by atoms with E-state index in [1.807, 2.05) is 11.8 Å². The molecular formula is C17H20N2S. The molecule has 2 aliphatic rings. The smallest absolute Gasteiger partial charge is 0.0473 e. The van der Waals surface area contributed by atoms with Crippen molar-refractivity contribution >= 4 is 23.5 Å². The zero-order valence-corrected chi connectivity index (χ0v) is 13.2. The van der Waals surface area contributed by atoms with Crippen LogP contribution in [0.1, 0.15) is 5.56 Å². The molecule has 0 fully saturated rings. The lowest BCUT2D eigenvalue weighted by Gasteiger charge is -2.26. The highest BCUT2D eigenvalue weighted by atomic mass is 32.2. The van der Waals surface area contributed by atoms with E-state index in [1.165, 1.54) is 26.6 Å². The van der Waals surface area contributed by atoms with Crippen molar-refractivity contribution in [2.24, 2.45) is 0 Å². The second-order valence-electron chi connectivity index (χ2n) is 5.66. The van der Waals surface area contributed by atoms with Crippen molar-refractivity contribution in [2.75, 3.05) is 33.1 Å². The Balaban J connectivity index is 1.99. The summed E-state index contributed by atoms with van der Waals surface area (Å²) in [6, 6.07) is 7.07. The quantitative estimate of drug-likeness (QED) is 0.819. The number of hydrogen-bond acceptors (Lipinski definition) is 3. The predicted molar refractivity (Wildman–Crippen MR) is 89.3 cm³/mol. The fourth-order valence-electron chi connectivity index (χ4n) is 2.42. The first kappa shape index (κ1) is 13.5. The van der Waals surface area contributed by atoms with Crippen molar-refractivity contribution < 1.29 is 0 Å². The van der Waals surface area contributed by atoms with Crippen molar-refractivity contribution in [3.8, 4) is 0 Å². The van der Waals surface area contributed by atoms with Gasteiger partial charge >= 0.3 is 0 Å². The molecule has 1 atom stereocenters. The average molecular weight is 284 g/mol. The van der Waals surface area contributed by atoms with Gasteiger partial charge in [0.1, 0.15) is 0 Å².